The number of nitrogens with zero attached hydrogens (tertiary/aromatic N) is 2. The molecule has 0 aliphatic rings. The van der Waals surface area contributed by atoms with Gasteiger partial charge in [0.25, 0.3) is 0 Å². The zero-order valence-electron chi connectivity index (χ0n) is 31.6. The number of carbonyl (C=O) groups is 2. The summed E-state index contributed by atoms with van der Waals surface area (Å²) in [5, 5.41) is 5.48. The molecule has 0 aliphatic carbocycles. The number of hydrogen-bond donors (Lipinski definition) is 4. The number of hydrogen-bond acceptors (Lipinski definition) is 5. The number of nitrogens with one attached hydrogen (secondary N) is 2. The van der Waals surface area contributed by atoms with Crippen LogP contribution in [0.4, 0.5) is 0 Å². The molecular weight excluding hydrogens is 611 g/mol. The van der Waals surface area contributed by atoms with Gasteiger partial charge >= 0.3 is 29.6 Å². The van der Waals surface area contributed by atoms with Crippen LogP contribution in [0.15, 0.2) is 48.5 Å². The molecule has 48 heavy (non-hydrogen) atoms. The van der Waals surface area contributed by atoms with Crippen molar-refractivity contribution in [2.24, 2.45) is 11.5 Å². The summed E-state index contributed by atoms with van der Waals surface area (Å²) in [6, 6.07) is 18.1. The van der Waals surface area contributed by atoms with E-state index in [4.69, 9.17) is 11.5 Å². The molecule has 2 amide bonds. The second-order valence-electron chi connectivity index (χ2n) is 13.7. The zero-order valence-corrected chi connectivity index (χ0v) is 33.6. The van der Waals surface area contributed by atoms with Crippen LogP contribution >= 0.6 is 0 Å². The molecule has 2 aromatic carbocycles. The molecule has 0 saturated carbocycles. The molecule has 0 heterocycles. The molecule has 9 nitrogen and oxygen atoms in total. The molecule has 10 heteroatoms. The number of carbonyl (C=O) groups excluding carboxylic acids is 2. The summed E-state index contributed by atoms with van der Waals surface area (Å²) in [6.45, 7) is 18.2. The maximum absolute atomic E-state index is 10.4. The Balaban J connectivity index is 0. The van der Waals surface area contributed by atoms with Crippen LogP contribution in [0.3, 0.4) is 0 Å². The van der Waals surface area contributed by atoms with Crippen LogP contribution in [0.5, 0.6) is 0 Å². The van der Waals surface area contributed by atoms with Crippen molar-refractivity contribution in [1.82, 2.24) is 10.6 Å². The van der Waals surface area contributed by atoms with Gasteiger partial charge in [-0.15, -0.1) is 0 Å². The van der Waals surface area contributed by atoms with Crippen LogP contribution in [-0.2, 0) is 22.7 Å². The van der Waals surface area contributed by atoms with Crippen molar-refractivity contribution in [1.29, 1.82) is 0 Å². The summed E-state index contributed by atoms with van der Waals surface area (Å²) in [4.78, 5) is 20.8. The average molecular weight is 681 g/mol. The summed E-state index contributed by atoms with van der Waals surface area (Å²) in [5.74, 6) is 1.24. The largest absolute Gasteiger partial charge is 1.00 e. The SMILES string of the molecule is CCC(C)c1ccc(C[N+](C)(CCCN)CCCN)cc1.CCC(C)c1ccc(C[N+](C)(CCCNC=O)CCCNC=O)cc1.[Na+].[OH-]. The molecule has 2 atom stereocenters. The van der Waals surface area contributed by atoms with Gasteiger partial charge in [-0.05, 0) is 48.9 Å². The molecule has 0 bridgehead atoms. The molecule has 0 saturated heterocycles. The first kappa shape index (κ1) is 48.3. The van der Waals surface area contributed by atoms with E-state index in [9.17, 15) is 9.59 Å². The Bertz CT molecular complexity index is 1050. The second-order valence-corrected chi connectivity index (χ2v) is 13.7. The van der Waals surface area contributed by atoms with Crippen molar-refractivity contribution >= 4 is 12.8 Å². The maximum Gasteiger partial charge on any atom is 1.00 e. The molecule has 7 N–H and O–H groups in total. The Morgan fingerprint density at radius 1 is 0.625 bits per heavy atom. The van der Waals surface area contributed by atoms with Gasteiger partial charge in [0, 0.05) is 49.9 Å². The molecule has 2 aromatic rings. The second kappa shape index (κ2) is 27.9. The van der Waals surface area contributed by atoms with E-state index in [1.807, 2.05) is 0 Å². The number of benzene rings is 2. The van der Waals surface area contributed by atoms with Gasteiger partial charge in [0.15, 0.2) is 0 Å². The van der Waals surface area contributed by atoms with Gasteiger partial charge in [-0.1, -0.05) is 76.2 Å². The molecular formula is C38H69N6NaO3+2. The number of rotatable bonds is 24. The van der Waals surface area contributed by atoms with E-state index in [1.54, 1.807) is 0 Å². The van der Waals surface area contributed by atoms with Crippen molar-refractivity contribution in [3.8, 4) is 0 Å². The number of quaternary nitrogens is 2. The van der Waals surface area contributed by atoms with Gasteiger partial charge in [-0.3, -0.25) is 9.59 Å². The fourth-order valence-corrected chi connectivity index (χ4v) is 5.99. The standard InChI is InChI=1S/C20H33N3O2.C18H34N3.Na.H2O/c1-4-18(2)20-9-7-19(8-10-20)15-23(3,13-5-11-21-16-24)14-6-12-22-17-25;1-4-16(2)18-9-7-17(8-10-18)15-21(3,13-5-11-19)14-6-12-20;;/h7-10,16-18H,4-6,11-15H2,1-3H3,(H-,21,22,24,25);7-10,16H,4-6,11-15,19-20H2,1-3H3;;1H2/q;2*+1;. The normalized spacial score (nSPS) is 12.3. The average Bonchev–Trinajstić information content (AvgIpc) is 3.07. The van der Waals surface area contributed by atoms with Gasteiger partial charge in [0.1, 0.15) is 13.1 Å². The van der Waals surface area contributed by atoms with E-state index in [-0.39, 0.29) is 35.0 Å². The van der Waals surface area contributed by atoms with Crippen molar-refractivity contribution in [2.75, 3.05) is 66.5 Å². The van der Waals surface area contributed by atoms with Gasteiger partial charge in [0.2, 0.25) is 12.8 Å². The fraction of sp³-hybridized carbons (Fsp3) is 0.632. The summed E-state index contributed by atoms with van der Waals surface area (Å²) in [7, 11) is 4.58. The van der Waals surface area contributed by atoms with E-state index in [0.29, 0.717) is 24.9 Å². The first-order chi connectivity index (χ1) is 22.1. The third kappa shape index (κ3) is 20.0. The first-order valence-corrected chi connectivity index (χ1v) is 17.7. The Morgan fingerprint density at radius 3 is 1.21 bits per heavy atom. The van der Waals surface area contributed by atoms with Crippen LogP contribution in [0.25, 0.3) is 0 Å². The van der Waals surface area contributed by atoms with Crippen LogP contribution in [-0.4, -0.2) is 93.7 Å². The van der Waals surface area contributed by atoms with Crippen LogP contribution < -0.4 is 51.7 Å². The maximum atomic E-state index is 10.4. The Hall–Kier alpha value is -1.82. The van der Waals surface area contributed by atoms with Crippen molar-refractivity contribution in [2.45, 2.75) is 91.1 Å². The van der Waals surface area contributed by atoms with Crippen LogP contribution in [0.2, 0.25) is 0 Å². The van der Waals surface area contributed by atoms with E-state index < -0.39 is 0 Å². The number of nitrogens with two attached hydrogens (primary N) is 2. The van der Waals surface area contributed by atoms with E-state index >= 15 is 0 Å². The monoisotopic (exact) mass is 681 g/mol. The first-order valence-electron chi connectivity index (χ1n) is 17.7. The molecule has 0 aromatic heterocycles. The van der Waals surface area contributed by atoms with E-state index in [0.717, 1.165) is 106 Å². The van der Waals surface area contributed by atoms with Gasteiger partial charge in [0.05, 0.1) is 40.3 Å². The van der Waals surface area contributed by atoms with Crippen molar-refractivity contribution < 1.29 is 53.6 Å². The molecule has 2 unspecified atom stereocenters. The van der Waals surface area contributed by atoms with Crippen LogP contribution in [0.1, 0.15) is 100 Å². The Kier molecular flexibility index (Phi) is 28.1. The Morgan fingerprint density at radius 2 is 0.938 bits per heavy atom. The molecule has 0 aliphatic heterocycles. The van der Waals surface area contributed by atoms with E-state index in [1.165, 1.54) is 28.7 Å². The molecule has 0 radical (unpaired) electrons. The Labute approximate surface area is 315 Å². The summed E-state index contributed by atoms with van der Waals surface area (Å²) in [5.41, 5.74) is 17.0. The topological polar surface area (TPSA) is 140 Å². The zero-order chi connectivity index (χ0) is 34.3. The predicted octanol–water partition coefficient (Wildman–Crippen LogP) is 2.09. The summed E-state index contributed by atoms with van der Waals surface area (Å²) < 4.78 is 1.95. The summed E-state index contributed by atoms with van der Waals surface area (Å²) >= 11 is 0. The van der Waals surface area contributed by atoms with Crippen molar-refractivity contribution in [3.05, 3.63) is 70.8 Å². The third-order valence-corrected chi connectivity index (χ3v) is 9.46. The molecule has 0 fully saturated rings. The molecule has 2 rings (SSSR count). The third-order valence-electron chi connectivity index (χ3n) is 9.46. The van der Waals surface area contributed by atoms with Crippen molar-refractivity contribution in [3.63, 3.8) is 0 Å². The molecule has 0 spiro atoms. The fourth-order valence-electron chi connectivity index (χ4n) is 5.99. The van der Waals surface area contributed by atoms with Gasteiger partial charge < -0.3 is 36.5 Å². The minimum atomic E-state index is 0. The minimum absolute atomic E-state index is 0. The summed E-state index contributed by atoms with van der Waals surface area (Å²) in [6.07, 6.45) is 7.90. The molecule has 268 valence electrons. The van der Waals surface area contributed by atoms with Gasteiger partial charge in [-0.25, -0.2) is 0 Å². The van der Waals surface area contributed by atoms with E-state index in [2.05, 4.69) is 101 Å². The van der Waals surface area contributed by atoms with Gasteiger partial charge in [-0.2, -0.15) is 0 Å². The quantitative estimate of drug-likeness (QED) is 0.0582. The minimum Gasteiger partial charge on any atom is -0.870 e. The predicted molar refractivity (Wildman–Crippen MR) is 196 cm³/mol. The van der Waals surface area contributed by atoms with Crippen LogP contribution in [0, 0.1) is 0 Å². The number of amides is 2. The smallest absolute Gasteiger partial charge is 0.870 e.